The van der Waals surface area contributed by atoms with Gasteiger partial charge in [0.1, 0.15) is 17.2 Å². The first-order chi connectivity index (χ1) is 20.0. The van der Waals surface area contributed by atoms with Gasteiger partial charge in [-0.1, -0.05) is 80.4 Å². The van der Waals surface area contributed by atoms with Crippen LogP contribution >= 0.6 is 0 Å². The van der Waals surface area contributed by atoms with Crippen molar-refractivity contribution in [2.24, 2.45) is 0 Å². The van der Waals surface area contributed by atoms with Gasteiger partial charge < -0.3 is 14.2 Å². The van der Waals surface area contributed by atoms with Gasteiger partial charge in [0.25, 0.3) is 0 Å². The van der Waals surface area contributed by atoms with Crippen LogP contribution in [-0.2, 0) is 14.4 Å². The molecule has 0 unspecified atom stereocenters. The van der Waals surface area contributed by atoms with E-state index in [9.17, 15) is 14.4 Å². The maximum absolute atomic E-state index is 12.5. The van der Waals surface area contributed by atoms with E-state index < -0.39 is 17.9 Å². The first kappa shape index (κ1) is 29.5. The summed E-state index contributed by atoms with van der Waals surface area (Å²) >= 11 is 0. The van der Waals surface area contributed by atoms with E-state index in [0.717, 1.165) is 27.8 Å². The van der Waals surface area contributed by atoms with E-state index >= 15 is 0 Å². The number of esters is 3. The molecule has 0 aliphatic carbocycles. The number of hydrogen-bond donors (Lipinski definition) is 0. The molecular formula is C36H30O6. The third kappa shape index (κ3) is 7.17. The molecule has 6 nitrogen and oxygen atoms in total. The summed E-state index contributed by atoms with van der Waals surface area (Å²) < 4.78 is 16.3. The van der Waals surface area contributed by atoms with Crippen molar-refractivity contribution in [3.8, 4) is 50.6 Å². The van der Waals surface area contributed by atoms with Gasteiger partial charge in [0, 0.05) is 22.3 Å². The van der Waals surface area contributed by atoms with Crippen LogP contribution in [0.3, 0.4) is 0 Å². The summed E-state index contributed by atoms with van der Waals surface area (Å²) in [7, 11) is 0. The molecule has 0 saturated carbocycles. The Labute approximate surface area is 245 Å². The van der Waals surface area contributed by atoms with E-state index in [-0.39, 0.29) is 5.57 Å². The van der Waals surface area contributed by atoms with Crippen LogP contribution in [0.15, 0.2) is 127 Å². The van der Waals surface area contributed by atoms with Crippen LogP contribution < -0.4 is 14.2 Å². The zero-order chi connectivity index (χ0) is 30.4. The quantitative estimate of drug-likeness (QED) is 0.117. The largest absolute Gasteiger partial charge is 0.423 e. The van der Waals surface area contributed by atoms with Gasteiger partial charge >= 0.3 is 17.9 Å². The predicted molar refractivity (Wildman–Crippen MR) is 164 cm³/mol. The third-order valence-electron chi connectivity index (χ3n) is 6.22. The average molecular weight is 559 g/mol. The fraction of sp³-hybridized carbons (Fsp3) is 0.0833. The van der Waals surface area contributed by atoms with E-state index in [1.54, 1.807) is 57.2 Å². The molecule has 0 bridgehead atoms. The van der Waals surface area contributed by atoms with Crippen LogP contribution in [0, 0.1) is 0 Å². The fourth-order valence-corrected chi connectivity index (χ4v) is 3.87. The predicted octanol–water partition coefficient (Wildman–Crippen LogP) is 8.13. The number of rotatable bonds is 9. The molecule has 6 heteroatoms. The minimum atomic E-state index is -0.534. The van der Waals surface area contributed by atoms with Crippen LogP contribution in [0.2, 0.25) is 0 Å². The molecule has 210 valence electrons. The minimum Gasteiger partial charge on any atom is -0.423 e. The highest BCUT2D eigenvalue weighted by atomic mass is 16.5. The van der Waals surface area contributed by atoms with Crippen LogP contribution in [0.25, 0.3) is 33.4 Å². The molecule has 0 spiro atoms. The lowest BCUT2D eigenvalue weighted by atomic mass is 9.97. The summed E-state index contributed by atoms with van der Waals surface area (Å²) in [6, 6.07) is 27.7. The maximum Gasteiger partial charge on any atom is 0.338 e. The molecule has 0 atom stereocenters. The van der Waals surface area contributed by atoms with Crippen molar-refractivity contribution in [2.45, 2.75) is 20.8 Å². The van der Waals surface area contributed by atoms with Crippen molar-refractivity contribution in [3.05, 3.63) is 127 Å². The third-order valence-corrected chi connectivity index (χ3v) is 6.22. The molecule has 0 heterocycles. The monoisotopic (exact) mass is 558 g/mol. The van der Waals surface area contributed by atoms with E-state index in [2.05, 4.69) is 19.7 Å². The summed E-state index contributed by atoms with van der Waals surface area (Å²) in [5, 5.41) is 0. The lowest BCUT2D eigenvalue weighted by Gasteiger charge is -2.14. The van der Waals surface area contributed by atoms with Crippen molar-refractivity contribution in [3.63, 3.8) is 0 Å². The topological polar surface area (TPSA) is 78.9 Å². The number of carbonyl (C=O) groups excluding carboxylic acids is 3. The minimum absolute atomic E-state index is 0.276. The lowest BCUT2D eigenvalue weighted by Crippen LogP contribution is -2.09. The van der Waals surface area contributed by atoms with E-state index in [0.29, 0.717) is 34.0 Å². The lowest BCUT2D eigenvalue weighted by molar-refractivity contribution is -0.130. The van der Waals surface area contributed by atoms with E-state index in [1.165, 1.54) is 0 Å². The molecule has 0 saturated heterocycles. The summed E-state index contributed by atoms with van der Waals surface area (Å²) in [5.41, 5.74) is 6.09. The second-order valence-electron chi connectivity index (χ2n) is 9.85. The van der Waals surface area contributed by atoms with Crippen LogP contribution in [0.5, 0.6) is 17.2 Å². The van der Waals surface area contributed by atoms with Crippen LogP contribution in [0.1, 0.15) is 20.8 Å². The Morgan fingerprint density at radius 2 is 0.786 bits per heavy atom. The number of benzene rings is 4. The Kier molecular flexibility index (Phi) is 8.98. The first-order valence-electron chi connectivity index (χ1n) is 13.1. The molecule has 0 aromatic heterocycles. The Morgan fingerprint density at radius 1 is 0.452 bits per heavy atom. The van der Waals surface area contributed by atoms with Crippen LogP contribution in [-0.4, -0.2) is 17.9 Å². The molecule has 0 aliphatic heterocycles. The molecule has 4 aromatic carbocycles. The normalized spacial score (nSPS) is 10.4. The van der Waals surface area contributed by atoms with E-state index in [1.807, 2.05) is 54.6 Å². The van der Waals surface area contributed by atoms with Crippen molar-refractivity contribution in [1.29, 1.82) is 0 Å². The Hall–Kier alpha value is -5.49. The van der Waals surface area contributed by atoms with Crippen molar-refractivity contribution < 1.29 is 28.6 Å². The van der Waals surface area contributed by atoms with Gasteiger partial charge in [0.2, 0.25) is 0 Å². The molecule has 0 fully saturated rings. The highest BCUT2D eigenvalue weighted by Crippen LogP contribution is 2.36. The van der Waals surface area contributed by atoms with Gasteiger partial charge in [-0.25, -0.2) is 14.4 Å². The molecule has 4 aromatic rings. The van der Waals surface area contributed by atoms with Crippen molar-refractivity contribution >= 4 is 17.9 Å². The Balaban J connectivity index is 1.60. The highest BCUT2D eigenvalue weighted by molar-refractivity contribution is 5.91. The average Bonchev–Trinajstić information content (AvgIpc) is 2.98. The molecule has 0 aliphatic rings. The fourth-order valence-electron chi connectivity index (χ4n) is 3.87. The molecule has 0 amide bonds. The van der Waals surface area contributed by atoms with Gasteiger partial charge in [-0.15, -0.1) is 0 Å². The zero-order valence-corrected chi connectivity index (χ0v) is 23.7. The molecule has 0 N–H and O–H groups in total. The van der Waals surface area contributed by atoms with Gasteiger partial charge in [0.05, 0.1) is 0 Å². The summed E-state index contributed by atoms with van der Waals surface area (Å²) in [6.07, 6.45) is 0. The van der Waals surface area contributed by atoms with Crippen molar-refractivity contribution in [1.82, 2.24) is 0 Å². The maximum atomic E-state index is 12.5. The molecule has 0 radical (unpaired) electrons. The number of carbonyl (C=O) groups is 3. The smallest absolute Gasteiger partial charge is 0.338 e. The number of hydrogen-bond acceptors (Lipinski definition) is 6. The first-order valence-corrected chi connectivity index (χ1v) is 13.1. The molecule has 4 rings (SSSR count). The Morgan fingerprint density at radius 3 is 1.21 bits per heavy atom. The van der Waals surface area contributed by atoms with Crippen LogP contribution in [0.4, 0.5) is 0 Å². The summed E-state index contributed by atoms with van der Waals surface area (Å²) in [4.78, 5) is 36.1. The molecule has 42 heavy (non-hydrogen) atoms. The van der Waals surface area contributed by atoms with Crippen molar-refractivity contribution in [2.75, 3.05) is 0 Å². The van der Waals surface area contributed by atoms with Gasteiger partial charge in [-0.05, 0) is 78.9 Å². The van der Waals surface area contributed by atoms with Gasteiger partial charge in [-0.2, -0.15) is 0 Å². The Bertz CT molecular complexity index is 1690. The summed E-state index contributed by atoms with van der Waals surface area (Å²) in [6.45, 7) is 15.6. The second-order valence-corrected chi connectivity index (χ2v) is 9.85. The zero-order valence-electron chi connectivity index (χ0n) is 23.7. The number of ether oxygens (including phenoxy) is 3. The summed E-state index contributed by atoms with van der Waals surface area (Å²) in [5.74, 6) is -0.304. The van der Waals surface area contributed by atoms with E-state index in [4.69, 9.17) is 14.2 Å². The molecular weight excluding hydrogens is 528 g/mol. The highest BCUT2D eigenvalue weighted by Gasteiger charge is 2.15. The SMILES string of the molecule is C=C(C)C(=O)Oc1ccc(-c2ccc(-c3ccc(-c4ccc(OC(=O)C(=C)C)cc4)c(OC(=O)C(=C)C)c3)cc2)cc1. The second kappa shape index (κ2) is 12.8. The van der Waals surface area contributed by atoms with Gasteiger partial charge in [-0.3, -0.25) is 0 Å². The standard InChI is InChI=1S/C36H30O6/c1-22(2)34(37)40-30-16-11-26(12-17-30)25-7-9-27(10-8-25)29-15-20-32(33(21-29)42-36(39)24(5)6)28-13-18-31(19-14-28)41-35(38)23(3)4/h7-21H,1,3,5H2,2,4,6H3. The van der Waals surface area contributed by atoms with Gasteiger partial charge in [0.15, 0.2) is 0 Å².